The van der Waals surface area contributed by atoms with Crippen LogP contribution in [-0.4, -0.2) is 58.2 Å². The number of nitrogens with zero attached hydrogens (tertiary/aromatic N) is 3. The molecule has 1 saturated carbocycles. The quantitative estimate of drug-likeness (QED) is 0.805. The fourth-order valence-corrected chi connectivity index (χ4v) is 4.14. The summed E-state index contributed by atoms with van der Waals surface area (Å²) in [5.41, 5.74) is 5.11. The summed E-state index contributed by atoms with van der Waals surface area (Å²) in [4.78, 5) is 45.1. The Morgan fingerprint density at radius 1 is 1.08 bits per heavy atom. The van der Waals surface area contributed by atoms with Crippen LogP contribution in [0.25, 0.3) is 0 Å². The van der Waals surface area contributed by atoms with E-state index in [1.807, 2.05) is 9.80 Å². The van der Waals surface area contributed by atoms with E-state index < -0.39 is 11.3 Å². The molecule has 7 nitrogen and oxygen atoms in total. The highest BCUT2D eigenvalue weighted by atomic mass is 16.2. The minimum atomic E-state index is -0.982. The van der Waals surface area contributed by atoms with Crippen LogP contribution in [0.3, 0.4) is 0 Å². The summed E-state index contributed by atoms with van der Waals surface area (Å²) in [5.74, 6) is -0.419. The lowest BCUT2D eigenvalue weighted by Gasteiger charge is -2.37. The van der Waals surface area contributed by atoms with Crippen LogP contribution in [0, 0.1) is 11.3 Å². The van der Waals surface area contributed by atoms with Gasteiger partial charge in [-0.3, -0.25) is 19.4 Å². The third kappa shape index (κ3) is 2.67. The molecule has 1 aliphatic carbocycles. The summed E-state index contributed by atoms with van der Waals surface area (Å²) in [6.07, 6.45) is 6.19. The summed E-state index contributed by atoms with van der Waals surface area (Å²) >= 11 is 0. The molecule has 3 saturated heterocycles. The Hall–Kier alpha value is -2.44. The Kier molecular flexibility index (Phi) is 3.74. The first-order valence-corrected chi connectivity index (χ1v) is 8.81. The molecule has 1 aromatic heterocycles. The van der Waals surface area contributed by atoms with Crippen LogP contribution in [0.4, 0.5) is 0 Å². The fraction of sp³-hybridized carbons (Fsp3) is 0.556. The maximum Gasteiger partial charge on any atom is 0.254 e. The number of aromatic nitrogens is 1. The lowest BCUT2D eigenvalue weighted by atomic mass is 9.92. The number of hydrogen-bond acceptors (Lipinski definition) is 4. The van der Waals surface area contributed by atoms with Crippen molar-refractivity contribution in [2.75, 3.05) is 19.6 Å². The number of nitrogens with two attached hydrogens (primary N) is 1. The zero-order valence-electron chi connectivity index (χ0n) is 14.1. The second kappa shape index (κ2) is 5.82. The predicted octanol–water partition coefficient (Wildman–Crippen LogP) is 0.410. The number of piperidine rings is 1. The van der Waals surface area contributed by atoms with E-state index in [1.54, 1.807) is 24.5 Å². The molecule has 2 atom stereocenters. The first-order chi connectivity index (χ1) is 12.0. The molecule has 4 aliphatic rings. The van der Waals surface area contributed by atoms with Crippen LogP contribution in [0.1, 0.15) is 36.0 Å². The zero-order chi connectivity index (χ0) is 17.6. The first kappa shape index (κ1) is 16.1. The molecule has 7 heteroatoms. The number of carbonyl (C=O) groups is 3. The molecule has 0 spiro atoms. The molecule has 25 heavy (non-hydrogen) atoms. The van der Waals surface area contributed by atoms with Gasteiger partial charge in [0.25, 0.3) is 5.91 Å². The molecule has 0 aromatic carbocycles. The summed E-state index contributed by atoms with van der Waals surface area (Å²) in [7, 11) is 0. The number of fused-ring (bicyclic) bond motifs is 4. The van der Waals surface area contributed by atoms with Crippen LogP contribution < -0.4 is 5.73 Å². The van der Waals surface area contributed by atoms with Gasteiger partial charge < -0.3 is 15.5 Å². The third-order valence-corrected chi connectivity index (χ3v) is 5.82. The monoisotopic (exact) mass is 342 g/mol. The van der Waals surface area contributed by atoms with Gasteiger partial charge in [0.15, 0.2) is 0 Å². The lowest BCUT2D eigenvalue weighted by Crippen LogP contribution is -2.52. The standard InChI is InChI=1S/C18H22N4O3/c19-16(24)18(5-6-18)17(25)22-10-12-1-2-14(22)11-21(9-12)15(23)13-3-7-20-8-4-13/h3-4,7-8,12,14H,1-2,5-6,9-11H2,(H2,19,24)/t12-,14+/m0/s1. The molecular formula is C18H22N4O3. The van der Waals surface area contributed by atoms with Gasteiger partial charge in [0.05, 0.1) is 0 Å². The molecular weight excluding hydrogens is 320 g/mol. The Bertz CT molecular complexity index is 716. The van der Waals surface area contributed by atoms with Crippen molar-refractivity contribution < 1.29 is 14.4 Å². The maximum atomic E-state index is 12.9. The summed E-state index contributed by atoms with van der Waals surface area (Å²) in [6.45, 7) is 1.77. The van der Waals surface area contributed by atoms with Crippen molar-refractivity contribution >= 4 is 17.7 Å². The predicted molar refractivity (Wildman–Crippen MR) is 89.2 cm³/mol. The van der Waals surface area contributed by atoms with Gasteiger partial charge in [-0.2, -0.15) is 0 Å². The number of rotatable bonds is 3. The minimum absolute atomic E-state index is 0.0235. The van der Waals surface area contributed by atoms with E-state index in [4.69, 9.17) is 5.73 Å². The highest BCUT2D eigenvalue weighted by Crippen LogP contribution is 2.48. The average Bonchev–Trinajstić information content (AvgIpc) is 3.46. The Balaban J connectivity index is 1.54. The largest absolute Gasteiger partial charge is 0.369 e. The van der Waals surface area contributed by atoms with Gasteiger partial charge in [0.1, 0.15) is 5.41 Å². The van der Waals surface area contributed by atoms with Crippen molar-refractivity contribution in [1.82, 2.24) is 14.8 Å². The molecule has 2 bridgehead atoms. The highest BCUT2D eigenvalue weighted by Gasteiger charge is 2.58. The van der Waals surface area contributed by atoms with E-state index in [-0.39, 0.29) is 23.8 Å². The average molecular weight is 342 g/mol. The van der Waals surface area contributed by atoms with Crippen LogP contribution in [0.15, 0.2) is 24.5 Å². The Labute approximate surface area is 146 Å². The van der Waals surface area contributed by atoms with Crippen LogP contribution in [0.2, 0.25) is 0 Å². The van der Waals surface area contributed by atoms with E-state index in [1.165, 1.54) is 0 Å². The van der Waals surface area contributed by atoms with Gasteiger partial charge in [-0.1, -0.05) is 0 Å². The molecule has 1 aromatic rings. The lowest BCUT2D eigenvalue weighted by molar-refractivity contribution is -0.146. The normalized spacial score (nSPS) is 26.9. The minimum Gasteiger partial charge on any atom is -0.369 e. The van der Waals surface area contributed by atoms with E-state index in [2.05, 4.69) is 4.98 Å². The van der Waals surface area contributed by atoms with Gasteiger partial charge in [-0.25, -0.2) is 0 Å². The van der Waals surface area contributed by atoms with Gasteiger partial charge in [0.2, 0.25) is 11.8 Å². The number of primary amides is 1. The first-order valence-electron chi connectivity index (χ1n) is 8.81. The second-order valence-corrected chi connectivity index (χ2v) is 7.45. The van der Waals surface area contributed by atoms with Crippen molar-refractivity contribution in [1.29, 1.82) is 0 Å². The highest BCUT2D eigenvalue weighted by molar-refractivity contribution is 6.07. The Morgan fingerprint density at radius 2 is 1.80 bits per heavy atom. The molecule has 5 rings (SSSR count). The molecule has 3 amide bonds. The molecule has 132 valence electrons. The number of hydrogen-bond donors (Lipinski definition) is 1. The summed E-state index contributed by atoms with van der Waals surface area (Å²) in [6, 6.07) is 3.39. The molecule has 0 unspecified atom stereocenters. The van der Waals surface area contributed by atoms with E-state index >= 15 is 0 Å². The van der Waals surface area contributed by atoms with E-state index in [0.29, 0.717) is 38.0 Å². The van der Waals surface area contributed by atoms with Crippen LogP contribution in [0.5, 0.6) is 0 Å². The van der Waals surface area contributed by atoms with Crippen molar-refractivity contribution in [3.05, 3.63) is 30.1 Å². The van der Waals surface area contributed by atoms with Gasteiger partial charge in [-0.15, -0.1) is 0 Å². The van der Waals surface area contributed by atoms with Crippen molar-refractivity contribution in [3.8, 4) is 0 Å². The fourth-order valence-electron chi connectivity index (χ4n) is 4.14. The SMILES string of the molecule is NC(=O)C1(C(=O)N2C[C@H]3CC[C@@H]2CN(C(=O)c2ccncc2)C3)CC1. The maximum absolute atomic E-state index is 12.9. The van der Waals surface area contributed by atoms with Crippen LogP contribution >= 0.6 is 0 Å². The van der Waals surface area contributed by atoms with Crippen LogP contribution in [-0.2, 0) is 9.59 Å². The third-order valence-electron chi connectivity index (χ3n) is 5.82. The molecule has 2 N–H and O–H groups in total. The second-order valence-electron chi connectivity index (χ2n) is 7.45. The number of amides is 3. The molecule has 3 aliphatic heterocycles. The molecule has 4 fully saturated rings. The number of pyridine rings is 1. The van der Waals surface area contributed by atoms with E-state index in [0.717, 1.165) is 12.8 Å². The van der Waals surface area contributed by atoms with Gasteiger partial charge in [-0.05, 0) is 43.7 Å². The van der Waals surface area contributed by atoms with Crippen molar-refractivity contribution in [3.63, 3.8) is 0 Å². The summed E-state index contributed by atoms with van der Waals surface area (Å²) in [5, 5.41) is 0. The van der Waals surface area contributed by atoms with Crippen molar-refractivity contribution in [2.45, 2.75) is 31.7 Å². The molecule has 0 radical (unpaired) electrons. The summed E-state index contributed by atoms with van der Waals surface area (Å²) < 4.78 is 0. The van der Waals surface area contributed by atoms with Gasteiger partial charge >= 0.3 is 0 Å². The number of carbonyl (C=O) groups excluding carboxylic acids is 3. The smallest absolute Gasteiger partial charge is 0.254 e. The topological polar surface area (TPSA) is 96.6 Å². The Morgan fingerprint density at radius 3 is 2.44 bits per heavy atom. The van der Waals surface area contributed by atoms with Crippen molar-refractivity contribution in [2.24, 2.45) is 17.1 Å². The molecule has 4 heterocycles. The van der Waals surface area contributed by atoms with Gasteiger partial charge in [0, 0.05) is 43.6 Å². The van der Waals surface area contributed by atoms with E-state index in [9.17, 15) is 14.4 Å². The zero-order valence-corrected chi connectivity index (χ0v) is 14.1.